The summed E-state index contributed by atoms with van der Waals surface area (Å²) in [4.78, 5) is 21.1. The zero-order chi connectivity index (χ0) is 26.9. The Morgan fingerprint density at radius 1 is 0.949 bits per heavy atom. The summed E-state index contributed by atoms with van der Waals surface area (Å²) in [7, 11) is 0. The molecule has 2 bridgehead atoms. The number of likely N-dealkylation sites (tertiary alicyclic amines) is 1. The van der Waals surface area contributed by atoms with Crippen molar-refractivity contribution in [1.82, 2.24) is 9.80 Å². The standard InChI is InChI=1S/C31H33Cl2N3O2S/c1-21(39-27-17-24(32)16-25(33)18-27)34-11-13-35(14-12-34)26-7-8-28-23-9-10-36(30(15-23)29(28)19-26)31(37)38-20-22-5-3-2-4-6-22/h2-8,16-19,21,23,30H,9-15,20H2,1H3/t21-,23?,30-/m1/s1. The number of fused-ring (bicyclic) bond motifs is 5. The zero-order valence-corrected chi connectivity index (χ0v) is 24.4. The second-order valence-corrected chi connectivity index (χ2v) is 12.9. The second-order valence-electron chi connectivity index (χ2n) is 10.6. The third-order valence-electron chi connectivity index (χ3n) is 8.25. The van der Waals surface area contributed by atoms with Gasteiger partial charge in [-0.1, -0.05) is 59.6 Å². The molecule has 2 fully saturated rings. The molecule has 3 atom stereocenters. The molecule has 5 nitrogen and oxygen atoms in total. The quantitative estimate of drug-likeness (QED) is 0.277. The Hall–Kier alpha value is -2.38. The van der Waals surface area contributed by atoms with Crippen LogP contribution in [-0.4, -0.2) is 54.0 Å². The molecule has 1 amide bonds. The van der Waals surface area contributed by atoms with E-state index >= 15 is 0 Å². The first-order valence-electron chi connectivity index (χ1n) is 13.7. The van der Waals surface area contributed by atoms with E-state index in [1.54, 1.807) is 17.8 Å². The summed E-state index contributed by atoms with van der Waals surface area (Å²) < 4.78 is 5.72. The summed E-state index contributed by atoms with van der Waals surface area (Å²) in [6.45, 7) is 7.22. The molecule has 1 aliphatic carbocycles. The fourth-order valence-electron chi connectivity index (χ4n) is 6.19. The first-order chi connectivity index (χ1) is 18.9. The molecule has 0 radical (unpaired) electrons. The topological polar surface area (TPSA) is 36.0 Å². The van der Waals surface area contributed by atoms with Crippen LogP contribution in [0.4, 0.5) is 10.5 Å². The summed E-state index contributed by atoms with van der Waals surface area (Å²) in [6.07, 6.45) is 1.78. The largest absolute Gasteiger partial charge is 0.445 e. The Bertz CT molecular complexity index is 1310. The molecule has 1 unspecified atom stereocenters. The summed E-state index contributed by atoms with van der Waals surface area (Å²) in [5.74, 6) is 0.534. The Morgan fingerprint density at radius 2 is 1.69 bits per heavy atom. The normalized spacial score (nSPS) is 21.5. The minimum absolute atomic E-state index is 0.101. The van der Waals surface area contributed by atoms with Gasteiger partial charge in [-0.3, -0.25) is 4.90 Å². The van der Waals surface area contributed by atoms with Crippen molar-refractivity contribution < 1.29 is 9.53 Å². The molecule has 3 aromatic rings. The van der Waals surface area contributed by atoms with Gasteiger partial charge in [-0.25, -0.2) is 4.79 Å². The van der Waals surface area contributed by atoms with Crippen LogP contribution in [-0.2, 0) is 11.3 Å². The summed E-state index contributed by atoms with van der Waals surface area (Å²) >= 11 is 14.2. The van der Waals surface area contributed by atoms with Gasteiger partial charge in [-0.05, 0) is 72.7 Å². The number of amides is 1. The smallest absolute Gasteiger partial charge is 0.410 e. The van der Waals surface area contributed by atoms with Crippen LogP contribution < -0.4 is 4.90 Å². The monoisotopic (exact) mass is 581 g/mol. The molecule has 0 aromatic heterocycles. The minimum atomic E-state index is -0.207. The number of halogens is 2. The SMILES string of the molecule is C[C@@H](Sc1cc(Cl)cc(Cl)c1)N1CCN(c2ccc3c(c2)[C@H]2CC3CCN2C(=O)OCc2ccccc2)CC1. The highest BCUT2D eigenvalue weighted by atomic mass is 35.5. The van der Waals surface area contributed by atoms with Crippen LogP contribution in [0.3, 0.4) is 0 Å². The molecular weight excluding hydrogens is 549 g/mol. The molecule has 6 rings (SSSR count). The van der Waals surface area contributed by atoms with Gasteiger partial charge in [-0.15, -0.1) is 11.8 Å². The third-order valence-corrected chi connectivity index (χ3v) is 9.83. The number of thioether (sulfide) groups is 1. The molecule has 0 saturated carbocycles. The molecule has 39 heavy (non-hydrogen) atoms. The van der Waals surface area contributed by atoms with Crippen LogP contribution in [0.2, 0.25) is 10.0 Å². The number of ether oxygens (including phenoxy) is 1. The fourth-order valence-corrected chi connectivity index (χ4v) is 7.99. The number of benzene rings is 3. The first-order valence-corrected chi connectivity index (χ1v) is 15.3. The number of hydrogen-bond donors (Lipinski definition) is 0. The molecule has 2 heterocycles. The maximum Gasteiger partial charge on any atom is 0.410 e. The summed E-state index contributed by atoms with van der Waals surface area (Å²) in [5.41, 5.74) is 4.97. The van der Waals surface area contributed by atoms with Crippen LogP contribution in [0.5, 0.6) is 0 Å². The predicted molar refractivity (Wildman–Crippen MR) is 160 cm³/mol. The second kappa shape index (κ2) is 11.6. The van der Waals surface area contributed by atoms with Crippen molar-refractivity contribution in [1.29, 1.82) is 0 Å². The van der Waals surface area contributed by atoms with Crippen molar-refractivity contribution in [2.24, 2.45) is 0 Å². The number of carbonyl (C=O) groups is 1. The molecule has 3 aromatic carbocycles. The average molecular weight is 583 g/mol. The molecule has 3 aliphatic rings. The van der Waals surface area contributed by atoms with Crippen LogP contribution in [0.15, 0.2) is 71.6 Å². The first kappa shape index (κ1) is 26.8. The predicted octanol–water partition coefficient (Wildman–Crippen LogP) is 7.82. The number of carbonyl (C=O) groups excluding carboxylic acids is 1. The lowest BCUT2D eigenvalue weighted by Crippen LogP contribution is -2.48. The minimum Gasteiger partial charge on any atom is -0.445 e. The lowest BCUT2D eigenvalue weighted by molar-refractivity contribution is 0.0694. The summed E-state index contributed by atoms with van der Waals surface area (Å²) in [6, 6.07) is 22.6. The van der Waals surface area contributed by atoms with Crippen molar-refractivity contribution in [3.05, 3.63) is 93.5 Å². The molecule has 2 aliphatic heterocycles. The molecule has 0 spiro atoms. The van der Waals surface area contributed by atoms with Crippen molar-refractivity contribution in [2.75, 3.05) is 37.6 Å². The van der Waals surface area contributed by atoms with Gasteiger partial charge in [0.05, 0.1) is 11.4 Å². The average Bonchev–Trinajstić information content (AvgIpc) is 3.22. The van der Waals surface area contributed by atoms with E-state index in [-0.39, 0.29) is 12.1 Å². The van der Waals surface area contributed by atoms with Gasteiger partial charge in [0.1, 0.15) is 6.61 Å². The van der Waals surface area contributed by atoms with Crippen LogP contribution in [0.1, 0.15) is 48.4 Å². The van der Waals surface area contributed by atoms with E-state index < -0.39 is 0 Å². The van der Waals surface area contributed by atoms with Crippen molar-refractivity contribution >= 4 is 46.7 Å². The Morgan fingerprint density at radius 3 is 2.44 bits per heavy atom. The van der Waals surface area contributed by atoms with Gasteiger partial charge in [0.15, 0.2) is 0 Å². The lowest BCUT2D eigenvalue weighted by atomic mass is 9.96. The van der Waals surface area contributed by atoms with Gasteiger partial charge in [0, 0.05) is 53.4 Å². The number of nitrogens with zero attached hydrogens (tertiary/aromatic N) is 3. The number of piperidine rings is 1. The lowest BCUT2D eigenvalue weighted by Gasteiger charge is -2.39. The van der Waals surface area contributed by atoms with Crippen molar-refractivity contribution in [3.8, 4) is 0 Å². The summed E-state index contributed by atoms with van der Waals surface area (Å²) in [5, 5.41) is 1.67. The van der Waals surface area contributed by atoms with E-state index in [1.807, 2.05) is 47.4 Å². The van der Waals surface area contributed by atoms with Gasteiger partial charge >= 0.3 is 6.09 Å². The van der Waals surface area contributed by atoms with Crippen LogP contribution in [0, 0.1) is 0 Å². The number of rotatable bonds is 6. The van der Waals surface area contributed by atoms with E-state index in [9.17, 15) is 4.79 Å². The highest BCUT2D eigenvalue weighted by Crippen LogP contribution is 2.50. The van der Waals surface area contributed by atoms with Gasteiger partial charge < -0.3 is 14.5 Å². The molecule has 204 valence electrons. The Balaban J connectivity index is 1.09. The molecule has 8 heteroatoms. The number of piperazine rings is 1. The Labute approximate surface area is 245 Å². The van der Waals surface area contributed by atoms with E-state index in [4.69, 9.17) is 27.9 Å². The van der Waals surface area contributed by atoms with Gasteiger partial charge in [-0.2, -0.15) is 0 Å². The maximum absolute atomic E-state index is 13.1. The van der Waals surface area contributed by atoms with Crippen molar-refractivity contribution in [2.45, 2.75) is 48.6 Å². The highest BCUT2D eigenvalue weighted by Gasteiger charge is 2.41. The van der Waals surface area contributed by atoms with Crippen LogP contribution in [0.25, 0.3) is 0 Å². The zero-order valence-electron chi connectivity index (χ0n) is 22.1. The van der Waals surface area contributed by atoms with Crippen LogP contribution >= 0.6 is 35.0 Å². The van der Waals surface area contributed by atoms with E-state index in [1.165, 1.54) is 16.8 Å². The van der Waals surface area contributed by atoms with Gasteiger partial charge in [0.2, 0.25) is 0 Å². The maximum atomic E-state index is 13.1. The number of anilines is 1. The van der Waals surface area contributed by atoms with E-state index in [0.29, 0.717) is 27.9 Å². The molecule has 2 saturated heterocycles. The number of hydrogen-bond acceptors (Lipinski definition) is 5. The van der Waals surface area contributed by atoms with E-state index in [2.05, 4.69) is 34.9 Å². The van der Waals surface area contributed by atoms with Gasteiger partial charge in [0.25, 0.3) is 0 Å². The van der Waals surface area contributed by atoms with E-state index in [0.717, 1.165) is 56.0 Å². The molecular formula is C31H33Cl2N3O2S. The third kappa shape index (κ3) is 5.90. The van der Waals surface area contributed by atoms with Crippen molar-refractivity contribution in [3.63, 3.8) is 0 Å². The fraction of sp³-hybridized carbons (Fsp3) is 0.387. The highest BCUT2D eigenvalue weighted by molar-refractivity contribution is 7.99. The Kier molecular flexibility index (Phi) is 7.99. The molecule has 0 N–H and O–H groups in total.